The molecule has 1 saturated carbocycles. The molecule has 4 rings (SSSR count). The van der Waals surface area contributed by atoms with Crippen LogP contribution in [0.2, 0.25) is 0 Å². The van der Waals surface area contributed by atoms with Crippen molar-refractivity contribution in [1.82, 2.24) is 10.3 Å². The molecule has 1 amide bonds. The van der Waals surface area contributed by atoms with Crippen molar-refractivity contribution in [3.8, 4) is 0 Å². The fourth-order valence-corrected chi connectivity index (χ4v) is 4.81. The minimum Gasteiger partial charge on any atom is -0.326 e. The molecule has 0 radical (unpaired) electrons. The predicted molar refractivity (Wildman–Crippen MR) is 99.6 cm³/mol. The molecule has 2 N–H and O–H groups in total. The number of nitrogens with one attached hydrogen (secondary N) is 2. The maximum Gasteiger partial charge on any atom is 0.228 e. The van der Waals surface area contributed by atoms with Crippen LogP contribution in [-0.2, 0) is 10.2 Å². The van der Waals surface area contributed by atoms with Gasteiger partial charge in [0.25, 0.3) is 0 Å². The molecule has 1 aromatic heterocycles. The summed E-state index contributed by atoms with van der Waals surface area (Å²) in [5, 5.41) is 7.66. The van der Waals surface area contributed by atoms with Crippen LogP contribution in [0.1, 0.15) is 45.0 Å². The lowest BCUT2D eigenvalue weighted by Gasteiger charge is -2.23. The molecular weight excluding hydrogens is 318 g/mol. The Bertz CT molecular complexity index is 783. The van der Waals surface area contributed by atoms with Crippen LogP contribution in [0.15, 0.2) is 18.2 Å². The van der Waals surface area contributed by atoms with Crippen molar-refractivity contribution in [3.63, 3.8) is 0 Å². The highest BCUT2D eigenvalue weighted by Crippen LogP contribution is 2.58. The van der Waals surface area contributed by atoms with Crippen molar-refractivity contribution in [2.24, 2.45) is 11.3 Å². The molecule has 1 spiro atoms. The molecule has 2 aromatic rings. The number of hydrogen-bond acceptors (Lipinski definition) is 4. The van der Waals surface area contributed by atoms with Gasteiger partial charge >= 0.3 is 0 Å². The molecule has 1 aliphatic heterocycles. The number of nitrogens with zero attached hydrogens (tertiary/aromatic N) is 1. The predicted octanol–water partition coefficient (Wildman–Crippen LogP) is 3.92. The van der Waals surface area contributed by atoms with Crippen LogP contribution in [0.5, 0.6) is 0 Å². The quantitative estimate of drug-likeness (QED) is 0.869. The number of carbonyl (C=O) groups is 1. The highest BCUT2D eigenvalue weighted by atomic mass is 32.1. The lowest BCUT2D eigenvalue weighted by molar-refractivity contribution is -0.118. The van der Waals surface area contributed by atoms with Crippen molar-refractivity contribution in [3.05, 3.63) is 23.2 Å². The zero-order chi connectivity index (χ0) is 16.9. The first-order chi connectivity index (χ1) is 11.4. The molecule has 1 saturated heterocycles. The molecule has 1 atom stereocenters. The third kappa shape index (κ3) is 2.84. The highest BCUT2D eigenvalue weighted by molar-refractivity contribution is 7.18. The molecular formula is C19H25N3OS. The summed E-state index contributed by atoms with van der Waals surface area (Å²) in [7, 11) is 0. The average molecular weight is 343 g/mol. The van der Waals surface area contributed by atoms with Gasteiger partial charge in [0.15, 0.2) is 0 Å². The zero-order valence-corrected chi connectivity index (χ0v) is 15.4. The molecule has 2 aliphatic rings. The molecule has 128 valence electrons. The molecule has 24 heavy (non-hydrogen) atoms. The van der Waals surface area contributed by atoms with E-state index in [1.54, 1.807) is 11.3 Å². The molecule has 1 aliphatic carbocycles. The maximum atomic E-state index is 12.6. The van der Waals surface area contributed by atoms with E-state index in [1.807, 2.05) is 12.1 Å². The summed E-state index contributed by atoms with van der Waals surface area (Å²) in [6.45, 7) is 8.63. The maximum absolute atomic E-state index is 12.6. The lowest BCUT2D eigenvalue weighted by Crippen LogP contribution is -2.31. The molecule has 1 aromatic carbocycles. The van der Waals surface area contributed by atoms with Crippen molar-refractivity contribution in [2.45, 2.75) is 45.4 Å². The fourth-order valence-electron chi connectivity index (χ4n) is 3.75. The monoisotopic (exact) mass is 343 g/mol. The zero-order valence-electron chi connectivity index (χ0n) is 14.6. The number of amides is 1. The van der Waals surface area contributed by atoms with Crippen molar-refractivity contribution >= 4 is 33.1 Å². The van der Waals surface area contributed by atoms with Gasteiger partial charge in [0.2, 0.25) is 5.91 Å². The minimum atomic E-state index is 0.0580. The number of thiazole rings is 1. The van der Waals surface area contributed by atoms with E-state index in [1.165, 1.54) is 0 Å². The third-order valence-electron chi connectivity index (χ3n) is 5.40. The molecule has 4 nitrogen and oxygen atoms in total. The second-order valence-corrected chi connectivity index (χ2v) is 9.34. The fraction of sp³-hybridized carbons (Fsp3) is 0.579. The third-order valence-corrected chi connectivity index (χ3v) is 6.85. The Morgan fingerprint density at radius 2 is 2.08 bits per heavy atom. The van der Waals surface area contributed by atoms with Gasteiger partial charge in [-0.1, -0.05) is 20.8 Å². The van der Waals surface area contributed by atoms with Crippen LogP contribution < -0.4 is 10.6 Å². The van der Waals surface area contributed by atoms with E-state index in [-0.39, 0.29) is 22.7 Å². The second kappa shape index (κ2) is 5.53. The van der Waals surface area contributed by atoms with Gasteiger partial charge in [0.05, 0.1) is 15.2 Å². The van der Waals surface area contributed by atoms with Crippen LogP contribution in [0, 0.1) is 11.3 Å². The second-order valence-electron chi connectivity index (χ2n) is 8.31. The summed E-state index contributed by atoms with van der Waals surface area (Å²) >= 11 is 1.72. The van der Waals surface area contributed by atoms with Crippen molar-refractivity contribution < 1.29 is 4.79 Å². The number of fused-ring (bicyclic) bond motifs is 1. The van der Waals surface area contributed by atoms with Gasteiger partial charge in [-0.15, -0.1) is 11.3 Å². The SMILES string of the molecule is CC(C)(C)c1nc2ccc(NC(=O)C3CC34CCNCC4)cc2s1. The highest BCUT2D eigenvalue weighted by Gasteiger charge is 2.57. The van der Waals surface area contributed by atoms with Crippen LogP contribution in [0.4, 0.5) is 5.69 Å². The molecule has 5 heteroatoms. The Morgan fingerprint density at radius 3 is 2.79 bits per heavy atom. The van der Waals surface area contributed by atoms with E-state index in [2.05, 4.69) is 37.5 Å². The molecule has 2 fully saturated rings. The van der Waals surface area contributed by atoms with Crippen LogP contribution in [0.25, 0.3) is 10.2 Å². The van der Waals surface area contributed by atoms with E-state index < -0.39 is 0 Å². The van der Waals surface area contributed by atoms with Gasteiger partial charge in [0, 0.05) is 17.0 Å². The first-order valence-electron chi connectivity index (χ1n) is 8.80. The Morgan fingerprint density at radius 1 is 1.33 bits per heavy atom. The molecule has 0 bridgehead atoms. The van der Waals surface area contributed by atoms with Crippen LogP contribution in [-0.4, -0.2) is 24.0 Å². The van der Waals surface area contributed by atoms with E-state index >= 15 is 0 Å². The number of anilines is 1. The molecule has 1 unspecified atom stereocenters. The van der Waals surface area contributed by atoms with Gasteiger partial charge < -0.3 is 10.6 Å². The number of piperidine rings is 1. The number of hydrogen-bond donors (Lipinski definition) is 2. The van der Waals surface area contributed by atoms with E-state index in [0.717, 1.165) is 53.3 Å². The largest absolute Gasteiger partial charge is 0.326 e. The summed E-state index contributed by atoms with van der Waals surface area (Å²) in [5.74, 6) is 0.388. The Balaban J connectivity index is 1.49. The van der Waals surface area contributed by atoms with Gasteiger partial charge in [-0.2, -0.15) is 0 Å². The summed E-state index contributed by atoms with van der Waals surface area (Å²) < 4.78 is 1.14. The van der Waals surface area contributed by atoms with E-state index in [0.29, 0.717) is 0 Å². The lowest BCUT2D eigenvalue weighted by atomic mass is 9.92. The topological polar surface area (TPSA) is 54.0 Å². The summed E-state index contributed by atoms with van der Waals surface area (Å²) in [6, 6.07) is 6.06. The van der Waals surface area contributed by atoms with E-state index in [4.69, 9.17) is 4.98 Å². The van der Waals surface area contributed by atoms with E-state index in [9.17, 15) is 4.79 Å². The van der Waals surface area contributed by atoms with Gasteiger partial charge in [0.1, 0.15) is 0 Å². The number of rotatable bonds is 2. The summed E-state index contributed by atoms with van der Waals surface area (Å²) in [6.07, 6.45) is 3.32. The Labute approximate surface area is 147 Å². The van der Waals surface area contributed by atoms with Gasteiger partial charge in [-0.05, 0) is 56.0 Å². The van der Waals surface area contributed by atoms with Crippen molar-refractivity contribution in [1.29, 1.82) is 0 Å². The average Bonchev–Trinajstić information content (AvgIpc) is 3.04. The number of benzene rings is 1. The van der Waals surface area contributed by atoms with Gasteiger partial charge in [-0.3, -0.25) is 4.79 Å². The van der Waals surface area contributed by atoms with Gasteiger partial charge in [-0.25, -0.2) is 4.98 Å². The number of carbonyl (C=O) groups excluding carboxylic acids is 1. The normalized spacial score (nSPS) is 22.7. The molecule has 2 heterocycles. The smallest absolute Gasteiger partial charge is 0.228 e. The standard InChI is InChI=1S/C19H25N3OS/c1-18(2,3)17-22-14-5-4-12(10-15(14)24-17)21-16(23)13-11-19(13)6-8-20-9-7-19/h4-5,10,13,20H,6-9,11H2,1-3H3,(H,21,23). The first-order valence-corrected chi connectivity index (χ1v) is 9.62. The summed E-state index contributed by atoms with van der Waals surface area (Å²) in [5.41, 5.74) is 2.25. The van der Waals surface area contributed by atoms with Crippen LogP contribution >= 0.6 is 11.3 Å². The Kier molecular flexibility index (Phi) is 3.69. The minimum absolute atomic E-state index is 0.0580. The Hall–Kier alpha value is -1.46. The summed E-state index contributed by atoms with van der Waals surface area (Å²) in [4.78, 5) is 17.3. The van der Waals surface area contributed by atoms with Crippen molar-refractivity contribution in [2.75, 3.05) is 18.4 Å². The number of aromatic nitrogens is 1. The van der Waals surface area contributed by atoms with Crippen LogP contribution in [0.3, 0.4) is 0 Å². The first kappa shape index (κ1) is 16.0.